The number of amides is 1. The van der Waals surface area contributed by atoms with Crippen LogP contribution in [0.1, 0.15) is 34.7 Å². The molecule has 0 fully saturated rings. The van der Waals surface area contributed by atoms with Crippen LogP contribution in [-0.4, -0.2) is 15.5 Å². The molecule has 146 valence electrons. The number of nitrogens with zero attached hydrogens (tertiary/aromatic N) is 2. The molecule has 1 heterocycles. The van der Waals surface area contributed by atoms with Gasteiger partial charge in [-0.3, -0.25) is 4.79 Å². The highest BCUT2D eigenvalue weighted by atomic mass is 35.5. The van der Waals surface area contributed by atoms with E-state index >= 15 is 0 Å². The summed E-state index contributed by atoms with van der Waals surface area (Å²) in [7, 11) is 0. The maximum atomic E-state index is 12.6. The van der Waals surface area contributed by atoms with E-state index in [1.807, 2.05) is 67.6 Å². The molecule has 0 saturated heterocycles. The van der Waals surface area contributed by atoms with Gasteiger partial charge < -0.3 is 9.88 Å². The molecule has 1 aromatic heterocycles. The lowest BCUT2D eigenvalue weighted by molar-refractivity contribution is 0.0938. The summed E-state index contributed by atoms with van der Waals surface area (Å²) in [5, 5.41) is 4.24. The Morgan fingerprint density at radius 2 is 1.62 bits per heavy atom. The van der Waals surface area contributed by atoms with Crippen molar-refractivity contribution in [3.63, 3.8) is 0 Å². The zero-order chi connectivity index (χ0) is 20.4. The second kappa shape index (κ2) is 8.27. The number of nitrogens with one attached hydrogen (secondary N) is 1. The predicted octanol–water partition coefficient (Wildman–Crippen LogP) is 5.88. The highest BCUT2D eigenvalue weighted by Crippen LogP contribution is 2.29. The van der Waals surface area contributed by atoms with Gasteiger partial charge in [0.15, 0.2) is 0 Å². The van der Waals surface area contributed by atoms with Gasteiger partial charge in [-0.05, 0) is 43.3 Å². The summed E-state index contributed by atoms with van der Waals surface area (Å²) in [6.07, 6.45) is 0. The van der Waals surface area contributed by atoms with Gasteiger partial charge in [0, 0.05) is 21.2 Å². The lowest BCUT2D eigenvalue weighted by atomic mass is 10.2. The smallest absolute Gasteiger partial charge is 0.251 e. The number of benzene rings is 3. The van der Waals surface area contributed by atoms with Gasteiger partial charge in [0.1, 0.15) is 5.82 Å². The first-order valence-corrected chi connectivity index (χ1v) is 10.0. The lowest BCUT2D eigenvalue weighted by Gasteiger charge is -2.17. The molecular formula is C23H19Cl2N3O. The number of carbonyl (C=O) groups excluding carboxylic acids is 1. The molecule has 1 unspecified atom stereocenters. The van der Waals surface area contributed by atoms with Gasteiger partial charge in [-0.1, -0.05) is 59.6 Å². The topological polar surface area (TPSA) is 46.9 Å². The molecule has 0 aliphatic carbocycles. The largest absolute Gasteiger partial charge is 0.342 e. The van der Waals surface area contributed by atoms with Crippen molar-refractivity contribution in [1.82, 2.24) is 14.9 Å². The van der Waals surface area contributed by atoms with E-state index < -0.39 is 0 Å². The molecule has 0 spiro atoms. The zero-order valence-corrected chi connectivity index (χ0v) is 17.3. The van der Waals surface area contributed by atoms with Crippen molar-refractivity contribution in [2.75, 3.05) is 0 Å². The van der Waals surface area contributed by atoms with E-state index in [4.69, 9.17) is 28.2 Å². The van der Waals surface area contributed by atoms with Crippen LogP contribution in [0.15, 0.2) is 72.8 Å². The molecule has 6 heteroatoms. The SMILES string of the molecule is CC(NC(=O)c1ccccc1)c1nc2ccccc2n1Cc1c(Cl)cccc1Cl. The molecule has 4 aromatic rings. The fourth-order valence-corrected chi connectivity index (χ4v) is 3.88. The number of fused-ring (bicyclic) bond motifs is 1. The van der Waals surface area contributed by atoms with Gasteiger partial charge >= 0.3 is 0 Å². The predicted molar refractivity (Wildman–Crippen MR) is 118 cm³/mol. The van der Waals surface area contributed by atoms with Crippen molar-refractivity contribution in [1.29, 1.82) is 0 Å². The molecule has 0 aliphatic heterocycles. The van der Waals surface area contributed by atoms with E-state index in [1.165, 1.54) is 0 Å². The summed E-state index contributed by atoms with van der Waals surface area (Å²) >= 11 is 12.8. The highest BCUT2D eigenvalue weighted by molar-refractivity contribution is 6.36. The first-order chi connectivity index (χ1) is 14.0. The van der Waals surface area contributed by atoms with Gasteiger partial charge in [0.05, 0.1) is 23.6 Å². The number of halogens is 2. The number of hydrogen-bond acceptors (Lipinski definition) is 2. The Bertz CT molecular complexity index is 1150. The van der Waals surface area contributed by atoms with Crippen molar-refractivity contribution in [2.24, 2.45) is 0 Å². The standard InChI is InChI=1S/C23H19Cl2N3O/c1-15(26-23(29)16-8-3-2-4-9-16)22-27-20-12-5-6-13-21(20)28(22)14-17-18(24)10-7-11-19(17)25/h2-13,15H,14H2,1H3,(H,26,29). The molecule has 29 heavy (non-hydrogen) atoms. The minimum Gasteiger partial charge on any atom is -0.342 e. The highest BCUT2D eigenvalue weighted by Gasteiger charge is 2.20. The van der Waals surface area contributed by atoms with Crippen LogP contribution in [0.2, 0.25) is 10.0 Å². The summed E-state index contributed by atoms with van der Waals surface area (Å²) in [4.78, 5) is 17.4. The van der Waals surface area contributed by atoms with Crippen molar-refractivity contribution in [2.45, 2.75) is 19.5 Å². The van der Waals surface area contributed by atoms with Crippen LogP contribution in [0.25, 0.3) is 11.0 Å². The summed E-state index contributed by atoms with van der Waals surface area (Å²) in [5.41, 5.74) is 3.24. The van der Waals surface area contributed by atoms with Crippen molar-refractivity contribution < 1.29 is 4.79 Å². The minimum absolute atomic E-state index is 0.146. The van der Waals surface area contributed by atoms with Crippen LogP contribution >= 0.6 is 23.2 Å². The number of hydrogen-bond donors (Lipinski definition) is 1. The average Bonchev–Trinajstić information content (AvgIpc) is 3.10. The molecule has 1 N–H and O–H groups in total. The van der Waals surface area contributed by atoms with Crippen LogP contribution in [0.4, 0.5) is 0 Å². The third-order valence-corrected chi connectivity index (χ3v) is 5.54. The monoisotopic (exact) mass is 423 g/mol. The van der Waals surface area contributed by atoms with Crippen LogP contribution in [0.3, 0.4) is 0 Å². The molecule has 0 radical (unpaired) electrons. The Labute approximate surface area is 179 Å². The third kappa shape index (κ3) is 4.00. The molecule has 1 atom stereocenters. The molecular weight excluding hydrogens is 405 g/mol. The van der Waals surface area contributed by atoms with Crippen LogP contribution < -0.4 is 5.32 Å². The van der Waals surface area contributed by atoms with Crippen molar-refractivity contribution >= 4 is 40.1 Å². The van der Waals surface area contributed by atoms with Gasteiger partial charge in [0.25, 0.3) is 5.91 Å². The minimum atomic E-state index is -0.309. The van der Waals surface area contributed by atoms with E-state index in [9.17, 15) is 4.79 Å². The normalized spacial score (nSPS) is 12.1. The number of aromatic nitrogens is 2. The lowest BCUT2D eigenvalue weighted by Crippen LogP contribution is -2.28. The van der Waals surface area contributed by atoms with E-state index in [0.717, 1.165) is 22.4 Å². The maximum absolute atomic E-state index is 12.6. The Hall–Kier alpha value is -2.82. The van der Waals surface area contributed by atoms with Gasteiger partial charge in [-0.2, -0.15) is 0 Å². The van der Waals surface area contributed by atoms with E-state index in [2.05, 4.69) is 9.88 Å². The van der Waals surface area contributed by atoms with Crippen molar-refractivity contribution in [3.8, 4) is 0 Å². The molecule has 1 amide bonds. The summed E-state index contributed by atoms with van der Waals surface area (Å²) < 4.78 is 2.05. The second-order valence-corrected chi connectivity index (χ2v) is 7.62. The van der Waals surface area contributed by atoms with Gasteiger partial charge in [-0.25, -0.2) is 4.98 Å². The number of carbonyl (C=O) groups is 1. The van der Waals surface area contributed by atoms with Gasteiger partial charge in [-0.15, -0.1) is 0 Å². The number of para-hydroxylation sites is 2. The fraction of sp³-hybridized carbons (Fsp3) is 0.130. The molecule has 0 saturated carbocycles. The Kier molecular flexibility index (Phi) is 5.56. The van der Waals surface area contributed by atoms with Crippen LogP contribution in [0, 0.1) is 0 Å². The number of imidazole rings is 1. The molecule has 4 nitrogen and oxygen atoms in total. The first-order valence-electron chi connectivity index (χ1n) is 9.28. The van der Waals surface area contributed by atoms with E-state index in [1.54, 1.807) is 12.1 Å². The van der Waals surface area contributed by atoms with Crippen LogP contribution in [-0.2, 0) is 6.54 Å². The Morgan fingerprint density at radius 1 is 0.966 bits per heavy atom. The quantitative estimate of drug-likeness (QED) is 0.435. The Balaban J connectivity index is 1.72. The summed E-state index contributed by atoms with van der Waals surface area (Å²) in [6.45, 7) is 2.38. The van der Waals surface area contributed by atoms with Gasteiger partial charge in [0.2, 0.25) is 0 Å². The summed E-state index contributed by atoms with van der Waals surface area (Å²) in [6, 6.07) is 22.2. The van der Waals surface area contributed by atoms with E-state index in [-0.39, 0.29) is 11.9 Å². The van der Waals surface area contributed by atoms with Crippen molar-refractivity contribution in [3.05, 3.63) is 99.8 Å². The third-order valence-electron chi connectivity index (χ3n) is 4.83. The average molecular weight is 424 g/mol. The molecule has 0 bridgehead atoms. The first kappa shape index (κ1) is 19.5. The Morgan fingerprint density at radius 3 is 2.34 bits per heavy atom. The second-order valence-electron chi connectivity index (χ2n) is 6.81. The molecule has 0 aliphatic rings. The number of rotatable bonds is 5. The fourth-order valence-electron chi connectivity index (χ4n) is 3.37. The maximum Gasteiger partial charge on any atom is 0.251 e. The zero-order valence-electron chi connectivity index (χ0n) is 15.8. The van der Waals surface area contributed by atoms with E-state index in [0.29, 0.717) is 22.2 Å². The van der Waals surface area contributed by atoms with Crippen LogP contribution in [0.5, 0.6) is 0 Å². The molecule has 3 aromatic carbocycles. The molecule has 4 rings (SSSR count). The summed E-state index contributed by atoms with van der Waals surface area (Å²) in [5.74, 6) is 0.596.